The number of aromatic amines is 1. The first-order chi connectivity index (χ1) is 9.74. The van der Waals surface area contributed by atoms with Crippen LogP contribution in [0.25, 0.3) is 11.3 Å². The number of carbonyl (C=O) groups is 1. The van der Waals surface area contributed by atoms with Crippen LogP contribution in [0.15, 0.2) is 23.1 Å². The molecule has 2 aromatic rings. The van der Waals surface area contributed by atoms with Gasteiger partial charge in [-0.1, -0.05) is 0 Å². The second-order valence-corrected chi connectivity index (χ2v) is 6.55. The molecular formula is C13H14N2O5S. The van der Waals surface area contributed by atoms with Crippen molar-refractivity contribution < 1.29 is 23.1 Å². The Morgan fingerprint density at radius 2 is 2.00 bits per heavy atom. The van der Waals surface area contributed by atoms with Crippen molar-refractivity contribution in [1.29, 1.82) is 0 Å². The first kappa shape index (κ1) is 15.0. The second-order valence-electron chi connectivity index (χ2n) is 4.56. The third kappa shape index (κ3) is 2.89. The number of carboxylic acid groups (broad SMARTS) is 1. The molecule has 0 aliphatic carbocycles. The van der Waals surface area contributed by atoms with Gasteiger partial charge in [0.1, 0.15) is 11.4 Å². The largest absolute Gasteiger partial charge is 0.496 e. The van der Waals surface area contributed by atoms with Crippen LogP contribution in [0.1, 0.15) is 16.1 Å². The van der Waals surface area contributed by atoms with E-state index in [2.05, 4.69) is 10.2 Å². The van der Waals surface area contributed by atoms with Gasteiger partial charge < -0.3 is 9.84 Å². The molecule has 112 valence electrons. The summed E-state index contributed by atoms with van der Waals surface area (Å²) in [6.45, 7) is 1.73. The molecule has 21 heavy (non-hydrogen) atoms. The summed E-state index contributed by atoms with van der Waals surface area (Å²) in [7, 11) is -2.03. The topological polar surface area (TPSA) is 109 Å². The predicted octanol–water partition coefficient (Wildman–Crippen LogP) is 1.50. The number of sulfone groups is 1. The maximum Gasteiger partial charge on any atom is 0.353 e. The number of aryl methyl sites for hydroxylation is 1. The van der Waals surface area contributed by atoms with Crippen LogP contribution < -0.4 is 4.74 Å². The number of hydrogen-bond donors (Lipinski definition) is 2. The Morgan fingerprint density at radius 3 is 2.48 bits per heavy atom. The monoisotopic (exact) mass is 310 g/mol. The number of nitrogens with one attached hydrogen (secondary N) is 1. The van der Waals surface area contributed by atoms with Crippen LogP contribution in [0.5, 0.6) is 5.75 Å². The molecule has 0 spiro atoms. The van der Waals surface area contributed by atoms with E-state index >= 15 is 0 Å². The molecule has 0 bridgehead atoms. The number of rotatable bonds is 4. The Kier molecular flexibility index (Phi) is 3.73. The SMILES string of the molecule is COc1cc(-c2cc(C(=O)O)[nH]n2)c(S(C)(=O)=O)cc1C. The Morgan fingerprint density at radius 1 is 1.33 bits per heavy atom. The van der Waals surface area contributed by atoms with Gasteiger partial charge >= 0.3 is 5.97 Å². The minimum Gasteiger partial charge on any atom is -0.496 e. The Bertz CT molecular complexity index is 808. The Hall–Kier alpha value is -2.35. The smallest absolute Gasteiger partial charge is 0.353 e. The van der Waals surface area contributed by atoms with Crippen molar-refractivity contribution in [2.45, 2.75) is 11.8 Å². The lowest BCUT2D eigenvalue weighted by Gasteiger charge is -2.11. The summed E-state index contributed by atoms with van der Waals surface area (Å²) in [5.41, 5.74) is 1.06. The number of methoxy groups -OCH3 is 1. The van der Waals surface area contributed by atoms with Crippen molar-refractivity contribution in [2.24, 2.45) is 0 Å². The lowest BCUT2D eigenvalue weighted by Crippen LogP contribution is -2.02. The van der Waals surface area contributed by atoms with Crippen LogP contribution in [0.4, 0.5) is 0 Å². The fourth-order valence-electron chi connectivity index (χ4n) is 1.96. The summed E-state index contributed by atoms with van der Waals surface area (Å²) in [6, 6.07) is 4.30. The molecule has 7 nitrogen and oxygen atoms in total. The minimum absolute atomic E-state index is 0.0734. The summed E-state index contributed by atoms with van der Waals surface area (Å²) < 4.78 is 29.0. The first-order valence-corrected chi connectivity index (χ1v) is 7.81. The molecule has 0 fully saturated rings. The zero-order chi connectivity index (χ0) is 15.8. The van der Waals surface area contributed by atoms with Gasteiger partial charge in [0.25, 0.3) is 0 Å². The van der Waals surface area contributed by atoms with Crippen LogP contribution in [-0.4, -0.2) is 43.1 Å². The molecule has 0 radical (unpaired) electrons. The molecule has 1 aromatic heterocycles. The molecule has 1 heterocycles. The fraction of sp³-hybridized carbons (Fsp3) is 0.231. The number of H-pyrrole nitrogens is 1. The third-order valence-corrected chi connectivity index (χ3v) is 4.12. The van der Waals surface area contributed by atoms with E-state index in [0.717, 1.165) is 6.26 Å². The fourth-order valence-corrected chi connectivity index (χ4v) is 2.91. The van der Waals surface area contributed by atoms with Gasteiger partial charge in [0, 0.05) is 11.8 Å². The lowest BCUT2D eigenvalue weighted by atomic mass is 10.1. The standard InChI is InChI=1S/C13H14N2O5S/c1-7-4-12(21(3,18)19)8(5-11(7)20-2)9-6-10(13(16)17)15-14-9/h4-6H,1-3H3,(H,14,15)(H,16,17). The molecule has 8 heteroatoms. The van der Waals surface area contributed by atoms with Crippen LogP contribution in [0, 0.1) is 6.92 Å². The highest BCUT2D eigenvalue weighted by Gasteiger charge is 2.20. The molecule has 0 saturated carbocycles. The van der Waals surface area contributed by atoms with E-state index in [9.17, 15) is 13.2 Å². The number of benzene rings is 1. The normalized spacial score (nSPS) is 11.4. The quantitative estimate of drug-likeness (QED) is 0.885. The van der Waals surface area contributed by atoms with E-state index in [0.29, 0.717) is 16.9 Å². The third-order valence-electron chi connectivity index (χ3n) is 2.98. The zero-order valence-electron chi connectivity index (χ0n) is 11.7. The minimum atomic E-state index is -3.50. The van der Waals surface area contributed by atoms with E-state index in [1.807, 2.05) is 0 Å². The van der Waals surface area contributed by atoms with Crippen LogP contribution in [-0.2, 0) is 9.84 Å². The van der Waals surface area contributed by atoms with E-state index in [-0.39, 0.29) is 16.3 Å². The molecule has 0 unspecified atom stereocenters. The number of aromatic carboxylic acids is 1. The molecule has 0 amide bonds. The summed E-state index contributed by atoms with van der Waals surface area (Å²) in [5, 5.41) is 15.1. The molecular weight excluding hydrogens is 296 g/mol. The summed E-state index contributed by atoms with van der Waals surface area (Å²) in [5.74, 6) is -0.675. The average Bonchev–Trinajstić information content (AvgIpc) is 2.87. The average molecular weight is 310 g/mol. The molecule has 0 atom stereocenters. The Labute approximate surface area is 121 Å². The van der Waals surface area contributed by atoms with Crippen LogP contribution in [0.2, 0.25) is 0 Å². The summed E-state index contributed by atoms with van der Waals surface area (Å²) >= 11 is 0. The van der Waals surface area contributed by atoms with E-state index < -0.39 is 15.8 Å². The molecule has 1 aromatic carbocycles. The van der Waals surface area contributed by atoms with E-state index in [1.165, 1.54) is 25.3 Å². The van der Waals surface area contributed by atoms with Crippen LogP contribution in [0.3, 0.4) is 0 Å². The van der Waals surface area contributed by atoms with E-state index in [4.69, 9.17) is 9.84 Å². The lowest BCUT2D eigenvalue weighted by molar-refractivity contribution is 0.0690. The second kappa shape index (κ2) is 5.21. The Balaban J connectivity index is 2.73. The van der Waals surface area contributed by atoms with Crippen molar-refractivity contribution in [3.05, 3.63) is 29.5 Å². The predicted molar refractivity (Wildman–Crippen MR) is 75.4 cm³/mol. The van der Waals surface area contributed by atoms with Gasteiger partial charge in [-0.3, -0.25) is 5.10 Å². The van der Waals surface area contributed by atoms with Gasteiger partial charge in [-0.25, -0.2) is 13.2 Å². The number of ether oxygens (including phenoxy) is 1. The highest BCUT2D eigenvalue weighted by molar-refractivity contribution is 7.90. The number of carboxylic acids is 1. The molecule has 0 aliphatic rings. The van der Waals surface area contributed by atoms with Gasteiger partial charge in [-0.2, -0.15) is 5.10 Å². The van der Waals surface area contributed by atoms with E-state index in [1.54, 1.807) is 6.92 Å². The van der Waals surface area contributed by atoms with Crippen molar-refractivity contribution in [3.63, 3.8) is 0 Å². The highest BCUT2D eigenvalue weighted by atomic mass is 32.2. The number of nitrogens with zero attached hydrogens (tertiary/aromatic N) is 1. The van der Waals surface area contributed by atoms with Crippen LogP contribution >= 0.6 is 0 Å². The molecule has 2 rings (SSSR count). The van der Waals surface area contributed by atoms with Gasteiger partial charge in [0.2, 0.25) is 0 Å². The van der Waals surface area contributed by atoms with Crippen molar-refractivity contribution >= 4 is 15.8 Å². The maximum atomic E-state index is 11.9. The zero-order valence-corrected chi connectivity index (χ0v) is 12.5. The summed E-state index contributed by atoms with van der Waals surface area (Å²) in [6.07, 6.45) is 1.09. The molecule has 0 saturated heterocycles. The van der Waals surface area contributed by atoms with Gasteiger partial charge in [-0.05, 0) is 30.7 Å². The first-order valence-electron chi connectivity index (χ1n) is 5.92. The number of hydrogen-bond acceptors (Lipinski definition) is 5. The molecule has 0 aliphatic heterocycles. The van der Waals surface area contributed by atoms with Crippen molar-refractivity contribution in [1.82, 2.24) is 10.2 Å². The maximum absolute atomic E-state index is 11.9. The van der Waals surface area contributed by atoms with Crippen molar-refractivity contribution in [2.75, 3.05) is 13.4 Å². The number of aromatic nitrogens is 2. The molecule has 2 N–H and O–H groups in total. The van der Waals surface area contributed by atoms with Gasteiger partial charge in [0.05, 0.1) is 17.7 Å². The van der Waals surface area contributed by atoms with Gasteiger partial charge in [0.15, 0.2) is 9.84 Å². The highest BCUT2D eigenvalue weighted by Crippen LogP contribution is 2.32. The van der Waals surface area contributed by atoms with Gasteiger partial charge in [-0.15, -0.1) is 0 Å². The summed E-state index contributed by atoms with van der Waals surface area (Å²) in [4.78, 5) is 11.0. The van der Waals surface area contributed by atoms with Crippen molar-refractivity contribution in [3.8, 4) is 17.0 Å².